The van der Waals surface area contributed by atoms with Crippen LogP contribution in [-0.2, 0) is 11.3 Å². The molecule has 0 amide bonds. The maximum absolute atomic E-state index is 5.68. The fourth-order valence-corrected chi connectivity index (χ4v) is 1.65. The van der Waals surface area contributed by atoms with Crippen molar-refractivity contribution in [2.75, 3.05) is 13.7 Å². The molecule has 19 heavy (non-hydrogen) atoms. The number of aromatic nitrogens is 1. The van der Waals surface area contributed by atoms with Crippen molar-refractivity contribution in [3.63, 3.8) is 0 Å². The number of pyridine rings is 1. The van der Waals surface area contributed by atoms with E-state index >= 15 is 0 Å². The van der Waals surface area contributed by atoms with E-state index in [2.05, 4.69) is 37.1 Å². The molecule has 1 atom stereocenters. The number of methoxy groups -OCH3 is 1. The molecule has 1 N–H and O–H groups in total. The van der Waals surface area contributed by atoms with E-state index < -0.39 is 0 Å². The van der Waals surface area contributed by atoms with Gasteiger partial charge in [0.05, 0.1) is 6.61 Å². The van der Waals surface area contributed by atoms with Crippen molar-refractivity contribution in [2.24, 2.45) is 0 Å². The highest BCUT2D eigenvalue weighted by Crippen LogP contribution is 2.15. The summed E-state index contributed by atoms with van der Waals surface area (Å²) in [7, 11) is 1.67. The lowest BCUT2D eigenvalue weighted by Gasteiger charge is -2.21. The molecule has 4 heteroatoms. The van der Waals surface area contributed by atoms with Gasteiger partial charge in [0, 0.05) is 31.0 Å². The van der Waals surface area contributed by atoms with Crippen LogP contribution >= 0.6 is 0 Å². The third-order valence-corrected chi connectivity index (χ3v) is 2.70. The molecule has 0 spiro atoms. The Balaban J connectivity index is 2.64. The number of nitrogens with one attached hydrogen (secondary N) is 1. The molecule has 0 aliphatic heterocycles. The topological polar surface area (TPSA) is 43.4 Å². The smallest absolute Gasteiger partial charge is 0.213 e. The van der Waals surface area contributed by atoms with Gasteiger partial charge in [0.25, 0.3) is 0 Å². The summed E-state index contributed by atoms with van der Waals surface area (Å²) in [6.45, 7) is 11.8. The Morgan fingerprint density at radius 3 is 2.53 bits per heavy atom. The van der Waals surface area contributed by atoms with Gasteiger partial charge in [-0.25, -0.2) is 4.98 Å². The summed E-state index contributed by atoms with van der Waals surface area (Å²) in [4.78, 5) is 4.48. The van der Waals surface area contributed by atoms with Crippen LogP contribution in [0.15, 0.2) is 12.1 Å². The minimum absolute atomic E-state index is 0.00968. The second kappa shape index (κ2) is 6.87. The van der Waals surface area contributed by atoms with Gasteiger partial charge in [-0.3, -0.25) is 0 Å². The molecule has 0 aliphatic rings. The molecule has 0 aromatic carbocycles. The van der Waals surface area contributed by atoms with Crippen LogP contribution in [0, 0.1) is 6.92 Å². The molecule has 0 fully saturated rings. The fourth-order valence-electron chi connectivity index (χ4n) is 1.65. The van der Waals surface area contributed by atoms with Gasteiger partial charge in [-0.1, -0.05) is 6.07 Å². The molecular weight excluding hydrogens is 240 g/mol. The van der Waals surface area contributed by atoms with E-state index in [1.807, 2.05) is 19.9 Å². The summed E-state index contributed by atoms with van der Waals surface area (Å²) >= 11 is 0. The third kappa shape index (κ3) is 6.03. The van der Waals surface area contributed by atoms with Crippen LogP contribution in [-0.4, -0.2) is 30.3 Å². The van der Waals surface area contributed by atoms with Gasteiger partial charge >= 0.3 is 0 Å². The number of ether oxygens (including phenoxy) is 2. The van der Waals surface area contributed by atoms with Crippen molar-refractivity contribution in [2.45, 2.75) is 52.8 Å². The summed E-state index contributed by atoms with van der Waals surface area (Å²) in [6.07, 6.45) is 0.00968. The highest BCUT2D eigenvalue weighted by Gasteiger charge is 2.11. The van der Waals surface area contributed by atoms with Crippen molar-refractivity contribution in [1.82, 2.24) is 10.3 Å². The Morgan fingerprint density at radius 2 is 2.00 bits per heavy atom. The summed E-state index contributed by atoms with van der Waals surface area (Å²) in [5.74, 6) is 0.654. The lowest BCUT2D eigenvalue weighted by atomic mass is 10.1. The minimum atomic E-state index is 0.00968. The van der Waals surface area contributed by atoms with E-state index in [1.54, 1.807) is 7.11 Å². The number of hydrogen-bond acceptors (Lipinski definition) is 4. The third-order valence-electron chi connectivity index (χ3n) is 2.70. The zero-order valence-electron chi connectivity index (χ0n) is 12.9. The predicted molar refractivity (Wildman–Crippen MR) is 77.5 cm³/mol. The molecule has 0 bridgehead atoms. The van der Waals surface area contributed by atoms with Gasteiger partial charge in [-0.05, 0) is 40.2 Å². The molecule has 0 radical (unpaired) electrons. The Labute approximate surface area is 116 Å². The molecule has 1 heterocycles. The second-order valence-corrected chi connectivity index (χ2v) is 5.88. The number of hydrogen-bond donors (Lipinski definition) is 1. The van der Waals surface area contributed by atoms with Gasteiger partial charge in [0.15, 0.2) is 0 Å². The standard InChI is InChI=1S/C15H26N2O2/c1-11(10-18-6)19-14-8-7-13(12(2)17-14)9-16-15(3,4)5/h7-8,11,16H,9-10H2,1-6H3. The van der Waals surface area contributed by atoms with Crippen molar-refractivity contribution < 1.29 is 9.47 Å². The van der Waals surface area contributed by atoms with Crippen LogP contribution in [0.5, 0.6) is 5.88 Å². The maximum atomic E-state index is 5.68. The Hall–Kier alpha value is -1.13. The van der Waals surface area contributed by atoms with Crippen LogP contribution in [0.4, 0.5) is 0 Å². The summed E-state index contributed by atoms with van der Waals surface area (Å²) < 4.78 is 10.7. The number of rotatable bonds is 6. The highest BCUT2D eigenvalue weighted by molar-refractivity contribution is 5.25. The molecule has 108 valence electrons. The van der Waals surface area contributed by atoms with E-state index in [9.17, 15) is 0 Å². The Kier molecular flexibility index (Phi) is 5.76. The average molecular weight is 266 g/mol. The Bertz CT molecular complexity index is 400. The molecule has 1 unspecified atom stereocenters. The molecule has 1 aromatic heterocycles. The average Bonchev–Trinajstić information content (AvgIpc) is 2.26. The zero-order valence-corrected chi connectivity index (χ0v) is 12.9. The first-order chi connectivity index (χ1) is 8.81. The molecule has 0 saturated heterocycles. The van der Waals surface area contributed by atoms with Crippen LogP contribution in [0.1, 0.15) is 39.0 Å². The quantitative estimate of drug-likeness (QED) is 0.859. The first-order valence-electron chi connectivity index (χ1n) is 6.69. The fraction of sp³-hybridized carbons (Fsp3) is 0.667. The summed E-state index contributed by atoms with van der Waals surface area (Å²) in [5, 5.41) is 3.46. The monoisotopic (exact) mass is 266 g/mol. The van der Waals surface area contributed by atoms with Gasteiger partial charge in [-0.2, -0.15) is 0 Å². The van der Waals surface area contributed by atoms with Gasteiger partial charge < -0.3 is 14.8 Å². The number of nitrogens with zero attached hydrogens (tertiary/aromatic N) is 1. The first-order valence-corrected chi connectivity index (χ1v) is 6.69. The van der Waals surface area contributed by atoms with Crippen molar-refractivity contribution >= 4 is 0 Å². The van der Waals surface area contributed by atoms with Crippen LogP contribution in [0.2, 0.25) is 0 Å². The van der Waals surface area contributed by atoms with E-state index in [0.29, 0.717) is 12.5 Å². The largest absolute Gasteiger partial charge is 0.472 e. The van der Waals surface area contributed by atoms with Crippen molar-refractivity contribution in [3.8, 4) is 5.88 Å². The minimum Gasteiger partial charge on any atom is -0.472 e. The molecule has 0 saturated carbocycles. The normalized spacial score (nSPS) is 13.4. The molecule has 0 aliphatic carbocycles. The highest BCUT2D eigenvalue weighted by atomic mass is 16.5. The maximum Gasteiger partial charge on any atom is 0.213 e. The van der Waals surface area contributed by atoms with Gasteiger partial charge in [0.2, 0.25) is 5.88 Å². The lowest BCUT2D eigenvalue weighted by molar-refractivity contribution is 0.0888. The van der Waals surface area contributed by atoms with Gasteiger partial charge in [-0.15, -0.1) is 0 Å². The van der Waals surface area contributed by atoms with Crippen molar-refractivity contribution in [1.29, 1.82) is 0 Å². The molecular formula is C15H26N2O2. The lowest BCUT2D eigenvalue weighted by Crippen LogP contribution is -2.35. The zero-order chi connectivity index (χ0) is 14.5. The molecule has 1 rings (SSSR count). The van der Waals surface area contributed by atoms with Crippen LogP contribution < -0.4 is 10.1 Å². The SMILES string of the molecule is COCC(C)Oc1ccc(CNC(C)(C)C)c(C)n1. The van der Waals surface area contributed by atoms with Crippen LogP contribution in [0.25, 0.3) is 0 Å². The second-order valence-electron chi connectivity index (χ2n) is 5.88. The van der Waals surface area contributed by atoms with Crippen LogP contribution in [0.3, 0.4) is 0 Å². The van der Waals surface area contributed by atoms with E-state index in [1.165, 1.54) is 5.56 Å². The van der Waals surface area contributed by atoms with Gasteiger partial charge in [0.1, 0.15) is 6.10 Å². The first kappa shape index (κ1) is 15.9. The summed E-state index contributed by atoms with van der Waals surface area (Å²) in [6, 6.07) is 3.98. The van der Waals surface area contributed by atoms with E-state index in [4.69, 9.17) is 9.47 Å². The summed E-state index contributed by atoms with van der Waals surface area (Å²) in [5.41, 5.74) is 2.30. The van der Waals surface area contributed by atoms with Crippen molar-refractivity contribution in [3.05, 3.63) is 23.4 Å². The van der Waals surface area contributed by atoms with E-state index in [0.717, 1.165) is 12.2 Å². The Morgan fingerprint density at radius 1 is 1.32 bits per heavy atom. The molecule has 1 aromatic rings. The predicted octanol–water partition coefficient (Wildman–Crippen LogP) is 2.69. The molecule has 4 nitrogen and oxygen atoms in total. The van der Waals surface area contributed by atoms with E-state index in [-0.39, 0.29) is 11.6 Å². The number of aryl methyl sites for hydroxylation is 1.